The first kappa shape index (κ1) is 18.2. The minimum Gasteiger partial charge on any atom is -0.502 e. The van der Waals surface area contributed by atoms with E-state index in [0.717, 1.165) is 37.3 Å². The van der Waals surface area contributed by atoms with Gasteiger partial charge in [-0.05, 0) is 24.3 Å². The second-order valence-electron chi connectivity index (χ2n) is 6.69. The predicted octanol–water partition coefficient (Wildman–Crippen LogP) is 1.33. The summed E-state index contributed by atoms with van der Waals surface area (Å²) < 4.78 is 3.18. The summed E-state index contributed by atoms with van der Waals surface area (Å²) in [5.74, 6) is -2.12. The number of rotatable bonds is 5. The van der Waals surface area contributed by atoms with Gasteiger partial charge in [0.25, 0.3) is 5.56 Å². The second kappa shape index (κ2) is 7.12. The molecule has 0 unspecified atom stereocenters. The fourth-order valence-electron chi connectivity index (χ4n) is 3.47. The second-order valence-corrected chi connectivity index (χ2v) is 7.61. The van der Waals surface area contributed by atoms with Gasteiger partial charge in [-0.25, -0.2) is 4.79 Å². The molecule has 4 rings (SSSR count). The van der Waals surface area contributed by atoms with Crippen LogP contribution in [0.3, 0.4) is 0 Å². The molecule has 0 saturated carbocycles. The lowest BCUT2D eigenvalue weighted by atomic mass is 10.2. The molecule has 1 amide bonds. The number of carboxylic acids is 1. The highest BCUT2D eigenvalue weighted by molar-refractivity contribution is 7.17. The van der Waals surface area contributed by atoms with Crippen LogP contribution >= 0.6 is 11.3 Å². The van der Waals surface area contributed by atoms with Gasteiger partial charge >= 0.3 is 5.97 Å². The number of aromatic hydroxyl groups is 1. The molecule has 1 aliphatic heterocycles. The first-order valence-corrected chi connectivity index (χ1v) is 9.69. The first-order chi connectivity index (χ1) is 13.5. The Morgan fingerprint density at radius 1 is 1.25 bits per heavy atom. The van der Waals surface area contributed by atoms with Crippen LogP contribution < -0.4 is 5.56 Å². The van der Waals surface area contributed by atoms with Crippen LogP contribution in [0.1, 0.15) is 28.8 Å². The highest BCUT2D eigenvalue weighted by Crippen LogP contribution is 2.29. The van der Waals surface area contributed by atoms with Crippen molar-refractivity contribution in [1.29, 1.82) is 0 Å². The zero-order valence-corrected chi connectivity index (χ0v) is 15.7. The maximum absolute atomic E-state index is 12.5. The number of amides is 1. The molecule has 0 atom stereocenters. The number of pyridine rings is 1. The number of carbonyl (C=O) groups excluding carboxylic acids is 1. The van der Waals surface area contributed by atoms with Gasteiger partial charge in [-0.15, -0.1) is 11.3 Å². The number of thiophene rings is 1. The molecule has 1 fully saturated rings. The third kappa shape index (κ3) is 3.15. The molecule has 3 aromatic heterocycles. The number of fused-ring (bicyclic) bond motifs is 1. The van der Waals surface area contributed by atoms with Crippen molar-refractivity contribution in [3.63, 3.8) is 0 Å². The van der Waals surface area contributed by atoms with Crippen molar-refractivity contribution in [3.8, 4) is 5.75 Å². The largest absolute Gasteiger partial charge is 0.502 e. The van der Waals surface area contributed by atoms with Crippen molar-refractivity contribution in [1.82, 2.24) is 19.2 Å². The molecule has 0 bridgehead atoms. The van der Waals surface area contributed by atoms with Gasteiger partial charge in [0.1, 0.15) is 12.1 Å². The Kier molecular flexibility index (Phi) is 4.63. The van der Waals surface area contributed by atoms with E-state index in [0.29, 0.717) is 15.8 Å². The monoisotopic (exact) mass is 402 g/mol. The number of aromatic carboxylic acids is 1. The molecule has 4 heterocycles. The quantitative estimate of drug-likeness (QED) is 0.665. The molecule has 0 spiro atoms. The number of hydrogen-bond donors (Lipinski definition) is 2. The third-order valence-electron chi connectivity index (χ3n) is 4.84. The summed E-state index contributed by atoms with van der Waals surface area (Å²) in [6.07, 6.45) is 5.28. The maximum atomic E-state index is 12.5. The number of carbonyl (C=O) groups is 2. The molecule has 28 heavy (non-hydrogen) atoms. The van der Waals surface area contributed by atoms with Crippen molar-refractivity contribution in [3.05, 3.63) is 45.3 Å². The van der Waals surface area contributed by atoms with Crippen molar-refractivity contribution >= 4 is 33.4 Å². The smallest absolute Gasteiger partial charge is 0.341 e. The lowest BCUT2D eigenvalue weighted by molar-refractivity contribution is -0.130. The molecule has 146 valence electrons. The van der Waals surface area contributed by atoms with Crippen molar-refractivity contribution in [2.75, 3.05) is 13.1 Å². The van der Waals surface area contributed by atoms with Crippen molar-refractivity contribution in [2.24, 2.45) is 0 Å². The van der Waals surface area contributed by atoms with E-state index in [2.05, 4.69) is 5.10 Å². The van der Waals surface area contributed by atoms with Crippen LogP contribution in [0.4, 0.5) is 0 Å². The molecule has 0 aromatic carbocycles. The van der Waals surface area contributed by atoms with E-state index < -0.39 is 17.3 Å². The van der Waals surface area contributed by atoms with Crippen LogP contribution in [-0.4, -0.2) is 54.4 Å². The van der Waals surface area contributed by atoms with Crippen molar-refractivity contribution < 1.29 is 19.8 Å². The van der Waals surface area contributed by atoms with E-state index in [1.54, 1.807) is 23.8 Å². The molecule has 1 aliphatic rings. The molecular formula is C18H18N4O5S. The SMILES string of the molecule is O=C(O)c1c(O)c(=O)n(Cc2cnn(CC(=O)N3CCCC3)c2)c2ccsc12. The predicted molar refractivity (Wildman–Crippen MR) is 102 cm³/mol. The molecule has 0 aliphatic carbocycles. The standard InChI is InChI=1S/C18H18N4O5S/c23-13(20-4-1-2-5-20)10-21-8-11(7-19-21)9-22-12-3-6-28-16(12)14(18(26)27)15(24)17(22)25/h3,6-8,24H,1-2,4-5,9-10H2,(H,26,27). The molecule has 3 aromatic rings. The van der Waals surface area contributed by atoms with Gasteiger partial charge < -0.3 is 15.1 Å². The fourth-order valence-corrected chi connectivity index (χ4v) is 4.41. The Morgan fingerprint density at radius 2 is 2.00 bits per heavy atom. The summed E-state index contributed by atoms with van der Waals surface area (Å²) in [4.78, 5) is 38.0. The Morgan fingerprint density at radius 3 is 2.71 bits per heavy atom. The van der Waals surface area contributed by atoms with Crippen molar-refractivity contribution in [2.45, 2.75) is 25.9 Å². The van der Waals surface area contributed by atoms with Gasteiger partial charge in [-0.3, -0.25) is 18.8 Å². The summed E-state index contributed by atoms with van der Waals surface area (Å²) in [5.41, 5.74) is -0.0419. The zero-order chi connectivity index (χ0) is 19.8. The Bertz CT molecular complexity index is 1120. The Balaban J connectivity index is 1.62. The normalized spacial score (nSPS) is 14.1. The van der Waals surface area contributed by atoms with E-state index in [9.17, 15) is 24.6 Å². The minimum atomic E-state index is -1.34. The number of carboxylic acid groups (broad SMARTS) is 1. The highest BCUT2D eigenvalue weighted by Gasteiger charge is 2.23. The average Bonchev–Trinajstić information content (AvgIpc) is 3.40. The van der Waals surface area contributed by atoms with Gasteiger partial charge in [-0.1, -0.05) is 0 Å². The summed E-state index contributed by atoms with van der Waals surface area (Å²) in [5, 5.41) is 25.3. The molecule has 9 nitrogen and oxygen atoms in total. The number of likely N-dealkylation sites (tertiary alicyclic amines) is 1. The van der Waals surface area contributed by atoms with E-state index in [1.165, 1.54) is 9.25 Å². The van der Waals surface area contributed by atoms with Crippen LogP contribution in [0, 0.1) is 0 Å². The van der Waals surface area contributed by atoms with Gasteiger partial charge in [0.15, 0.2) is 5.75 Å². The average molecular weight is 402 g/mol. The lowest BCUT2D eigenvalue weighted by Crippen LogP contribution is -2.31. The van der Waals surface area contributed by atoms with Crippen LogP contribution in [0.2, 0.25) is 0 Å². The third-order valence-corrected chi connectivity index (χ3v) is 5.77. The summed E-state index contributed by atoms with van der Waals surface area (Å²) in [7, 11) is 0. The van der Waals surface area contributed by atoms with Crippen LogP contribution in [0.25, 0.3) is 10.2 Å². The van der Waals surface area contributed by atoms with E-state index in [-0.39, 0.29) is 24.6 Å². The fraction of sp³-hybridized carbons (Fsp3) is 0.333. The Labute approximate surface area is 163 Å². The Hall–Kier alpha value is -3.14. The molecule has 1 saturated heterocycles. The molecule has 2 N–H and O–H groups in total. The van der Waals surface area contributed by atoms with Gasteiger partial charge in [0.2, 0.25) is 5.91 Å². The maximum Gasteiger partial charge on any atom is 0.341 e. The van der Waals surface area contributed by atoms with E-state index in [4.69, 9.17) is 0 Å². The number of aromatic nitrogens is 3. The first-order valence-electron chi connectivity index (χ1n) is 8.81. The van der Waals surface area contributed by atoms with Gasteiger partial charge in [-0.2, -0.15) is 5.10 Å². The molecular weight excluding hydrogens is 384 g/mol. The highest BCUT2D eigenvalue weighted by atomic mass is 32.1. The van der Waals surface area contributed by atoms with Crippen LogP contribution in [0.5, 0.6) is 5.75 Å². The number of nitrogens with zero attached hydrogens (tertiary/aromatic N) is 4. The topological polar surface area (TPSA) is 118 Å². The van der Waals surface area contributed by atoms with Gasteiger partial charge in [0.05, 0.1) is 23.0 Å². The summed E-state index contributed by atoms with van der Waals surface area (Å²) >= 11 is 1.15. The molecule has 10 heteroatoms. The summed E-state index contributed by atoms with van der Waals surface area (Å²) in [6.45, 7) is 1.78. The molecule has 0 radical (unpaired) electrons. The van der Waals surface area contributed by atoms with Crippen LogP contribution in [0.15, 0.2) is 28.6 Å². The zero-order valence-electron chi connectivity index (χ0n) is 14.9. The van der Waals surface area contributed by atoms with E-state index >= 15 is 0 Å². The van der Waals surface area contributed by atoms with Crippen LogP contribution in [-0.2, 0) is 17.9 Å². The lowest BCUT2D eigenvalue weighted by Gasteiger charge is -2.14. The van der Waals surface area contributed by atoms with E-state index in [1.807, 2.05) is 4.90 Å². The number of hydrogen-bond acceptors (Lipinski definition) is 6. The minimum absolute atomic E-state index is 0.00741. The van der Waals surface area contributed by atoms with Gasteiger partial charge in [0, 0.05) is 24.8 Å². The summed E-state index contributed by atoms with van der Waals surface area (Å²) in [6, 6.07) is 1.65.